The maximum Gasteiger partial charge on any atom is 0.134 e. The fourth-order valence-electron chi connectivity index (χ4n) is 2.10. The number of furan rings is 1. The quantitative estimate of drug-likeness (QED) is 0.844. The lowest BCUT2D eigenvalue weighted by Crippen LogP contribution is -2.29. The third-order valence-electron chi connectivity index (χ3n) is 3.16. The number of para-hydroxylation sites is 1. The Morgan fingerprint density at radius 3 is 2.78 bits per heavy atom. The van der Waals surface area contributed by atoms with Gasteiger partial charge in [0.1, 0.15) is 11.3 Å². The van der Waals surface area contributed by atoms with Crippen LogP contribution >= 0.6 is 11.8 Å². The van der Waals surface area contributed by atoms with Crippen LogP contribution in [-0.4, -0.2) is 18.1 Å². The molecule has 1 heterocycles. The van der Waals surface area contributed by atoms with E-state index in [4.69, 9.17) is 4.42 Å². The Kier molecular flexibility index (Phi) is 4.72. The lowest BCUT2D eigenvalue weighted by Gasteiger charge is -2.17. The summed E-state index contributed by atoms with van der Waals surface area (Å²) in [4.78, 5) is 0. The number of benzene rings is 1. The van der Waals surface area contributed by atoms with E-state index in [0.717, 1.165) is 11.3 Å². The maximum absolute atomic E-state index is 5.87. The zero-order chi connectivity index (χ0) is 13.0. The summed E-state index contributed by atoms with van der Waals surface area (Å²) >= 11 is 1.89. The minimum absolute atomic E-state index is 0.259. The highest BCUT2D eigenvalue weighted by atomic mass is 32.2. The molecule has 0 bridgehead atoms. The first kappa shape index (κ1) is 13.5. The molecule has 98 valence electrons. The van der Waals surface area contributed by atoms with Gasteiger partial charge in [0.2, 0.25) is 0 Å². The van der Waals surface area contributed by atoms with Crippen molar-refractivity contribution < 1.29 is 4.42 Å². The van der Waals surface area contributed by atoms with Crippen molar-refractivity contribution in [2.24, 2.45) is 0 Å². The van der Waals surface area contributed by atoms with Gasteiger partial charge >= 0.3 is 0 Å². The normalized spacial score (nSPS) is 14.8. The van der Waals surface area contributed by atoms with Gasteiger partial charge < -0.3 is 9.73 Å². The average Bonchev–Trinajstić information content (AvgIpc) is 2.80. The molecule has 2 unspecified atom stereocenters. The van der Waals surface area contributed by atoms with E-state index in [-0.39, 0.29) is 6.04 Å². The highest BCUT2D eigenvalue weighted by Crippen LogP contribution is 2.24. The Balaban J connectivity index is 2.01. The highest BCUT2D eigenvalue weighted by Gasteiger charge is 2.13. The SMILES string of the molecule is CSCCC(C)NC(C)c1cc2ccccc2o1. The molecule has 0 aliphatic heterocycles. The molecule has 1 N–H and O–H groups in total. The molecular formula is C15H21NOS. The van der Waals surface area contributed by atoms with Crippen molar-refractivity contribution in [3.63, 3.8) is 0 Å². The predicted octanol–water partition coefficient (Wildman–Crippen LogP) is 4.23. The van der Waals surface area contributed by atoms with Crippen molar-refractivity contribution in [3.05, 3.63) is 36.1 Å². The van der Waals surface area contributed by atoms with Gasteiger partial charge in [0, 0.05) is 11.4 Å². The highest BCUT2D eigenvalue weighted by molar-refractivity contribution is 7.98. The van der Waals surface area contributed by atoms with Crippen molar-refractivity contribution in [2.75, 3.05) is 12.0 Å². The van der Waals surface area contributed by atoms with Gasteiger partial charge in [-0.1, -0.05) is 18.2 Å². The third kappa shape index (κ3) is 3.30. The smallest absolute Gasteiger partial charge is 0.134 e. The second-order valence-corrected chi connectivity index (χ2v) is 5.74. The van der Waals surface area contributed by atoms with E-state index in [0.29, 0.717) is 6.04 Å². The molecule has 0 radical (unpaired) electrons. The van der Waals surface area contributed by atoms with Crippen LogP contribution in [0.15, 0.2) is 34.7 Å². The first-order chi connectivity index (χ1) is 8.70. The Bertz CT molecular complexity index is 461. The molecule has 0 aliphatic carbocycles. The fourth-order valence-corrected chi connectivity index (χ4v) is 2.69. The average molecular weight is 263 g/mol. The number of rotatable bonds is 6. The first-order valence-corrected chi connectivity index (χ1v) is 7.83. The van der Waals surface area contributed by atoms with Crippen LogP contribution in [0.25, 0.3) is 11.0 Å². The lowest BCUT2D eigenvalue weighted by atomic mass is 10.2. The number of fused-ring (bicyclic) bond motifs is 1. The fraction of sp³-hybridized carbons (Fsp3) is 0.467. The van der Waals surface area contributed by atoms with Crippen LogP contribution in [0.2, 0.25) is 0 Å². The molecule has 0 aliphatic rings. The van der Waals surface area contributed by atoms with Gasteiger partial charge in [-0.15, -0.1) is 0 Å². The van der Waals surface area contributed by atoms with E-state index >= 15 is 0 Å². The van der Waals surface area contributed by atoms with E-state index in [2.05, 4.69) is 37.6 Å². The Labute approximate surface area is 113 Å². The summed E-state index contributed by atoms with van der Waals surface area (Å²) in [5.41, 5.74) is 0.970. The van der Waals surface area contributed by atoms with Crippen LogP contribution in [0.4, 0.5) is 0 Å². The summed E-state index contributed by atoms with van der Waals surface area (Å²) in [7, 11) is 0. The van der Waals surface area contributed by atoms with Crippen LogP contribution in [-0.2, 0) is 0 Å². The summed E-state index contributed by atoms with van der Waals surface area (Å²) in [5, 5.41) is 4.76. The van der Waals surface area contributed by atoms with Crippen molar-refractivity contribution >= 4 is 22.7 Å². The summed E-state index contributed by atoms with van der Waals surface area (Å²) in [5.74, 6) is 2.22. The van der Waals surface area contributed by atoms with E-state index < -0.39 is 0 Å². The summed E-state index contributed by atoms with van der Waals surface area (Å²) in [6.07, 6.45) is 3.33. The van der Waals surface area contributed by atoms with Gasteiger partial charge in [0.25, 0.3) is 0 Å². The maximum atomic E-state index is 5.87. The second-order valence-electron chi connectivity index (χ2n) is 4.76. The molecule has 1 aromatic carbocycles. The van der Waals surface area contributed by atoms with Crippen molar-refractivity contribution in [1.82, 2.24) is 5.32 Å². The van der Waals surface area contributed by atoms with E-state index in [1.54, 1.807) is 0 Å². The Morgan fingerprint density at radius 1 is 1.28 bits per heavy atom. The molecule has 18 heavy (non-hydrogen) atoms. The summed E-state index contributed by atoms with van der Waals surface area (Å²) in [6, 6.07) is 11.1. The Hall–Kier alpha value is -0.930. The number of thioether (sulfide) groups is 1. The lowest BCUT2D eigenvalue weighted by molar-refractivity contribution is 0.407. The Morgan fingerprint density at radius 2 is 2.06 bits per heavy atom. The standard InChI is InChI=1S/C15H21NOS/c1-11(8-9-18-3)16-12(2)15-10-13-6-4-5-7-14(13)17-15/h4-7,10-12,16H,8-9H2,1-3H3. The van der Waals surface area contributed by atoms with Crippen molar-refractivity contribution in [3.8, 4) is 0 Å². The van der Waals surface area contributed by atoms with Crippen LogP contribution in [0.3, 0.4) is 0 Å². The summed E-state index contributed by atoms with van der Waals surface area (Å²) < 4.78 is 5.87. The number of hydrogen-bond acceptors (Lipinski definition) is 3. The topological polar surface area (TPSA) is 25.2 Å². The van der Waals surface area contributed by atoms with Gasteiger partial charge in [-0.05, 0) is 44.4 Å². The molecule has 0 saturated carbocycles. The monoisotopic (exact) mass is 263 g/mol. The van der Waals surface area contributed by atoms with Gasteiger partial charge in [0.15, 0.2) is 0 Å². The molecule has 2 aromatic rings. The van der Waals surface area contributed by atoms with Crippen LogP contribution < -0.4 is 5.32 Å². The molecular weight excluding hydrogens is 242 g/mol. The number of hydrogen-bond donors (Lipinski definition) is 1. The zero-order valence-corrected chi connectivity index (χ0v) is 12.1. The van der Waals surface area contributed by atoms with Gasteiger partial charge in [0.05, 0.1) is 6.04 Å². The molecule has 0 amide bonds. The molecule has 3 heteroatoms. The molecule has 2 atom stereocenters. The zero-order valence-electron chi connectivity index (χ0n) is 11.3. The van der Waals surface area contributed by atoms with Gasteiger partial charge in [-0.25, -0.2) is 0 Å². The van der Waals surface area contributed by atoms with Crippen LogP contribution in [0.5, 0.6) is 0 Å². The minimum atomic E-state index is 0.259. The molecule has 0 fully saturated rings. The third-order valence-corrected chi connectivity index (χ3v) is 3.80. The molecule has 0 saturated heterocycles. The predicted molar refractivity (Wildman–Crippen MR) is 80.2 cm³/mol. The van der Waals surface area contributed by atoms with E-state index in [1.807, 2.05) is 30.0 Å². The molecule has 2 rings (SSSR count). The minimum Gasteiger partial charge on any atom is -0.459 e. The van der Waals surface area contributed by atoms with E-state index in [9.17, 15) is 0 Å². The molecule has 0 spiro atoms. The molecule has 2 nitrogen and oxygen atoms in total. The van der Waals surface area contributed by atoms with Crippen molar-refractivity contribution in [1.29, 1.82) is 0 Å². The largest absolute Gasteiger partial charge is 0.459 e. The van der Waals surface area contributed by atoms with Gasteiger partial charge in [-0.2, -0.15) is 11.8 Å². The molecule has 1 aromatic heterocycles. The van der Waals surface area contributed by atoms with Gasteiger partial charge in [-0.3, -0.25) is 0 Å². The van der Waals surface area contributed by atoms with Crippen LogP contribution in [0, 0.1) is 0 Å². The van der Waals surface area contributed by atoms with Crippen LogP contribution in [0.1, 0.15) is 32.1 Å². The van der Waals surface area contributed by atoms with Crippen molar-refractivity contribution in [2.45, 2.75) is 32.4 Å². The number of nitrogens with one attached hydrogen (secondary N) is 1. The van der Waals surface area contributed by atoms with E-state index in [1.165, 1.54) is 17.6 Å². The first-order valence-electron chi connectivity index (χ1n) is 6.44. The summed E-state index contributed by atoms with van der Waals surface area (Å²) in [6.45, 7) is 4.39. The second kappa shape index (κ2) is 6.30.